The molecule has 2 unspecified atom stereocenters. The summed E-state index contributed by atoms with van der Waals surface area (Å²) in [6.45, 7) is 10.8. The van der Waals surface area contributed by atoms with Crippen LogP contribution in [0.15, 0.2) is 35.5 Å². The van der Waals surface area contributed by atoms with Gasteiger partial charge in [-0.2, -0.15) is 0 Å². The van der Waals surface area contributed by atoms with Crippen molar-refractivity contribution in [1.29, 1.82) is 0 Å². The van der Waals surface area contributed by atoms with E-state index in [-0.39, 0.29) is 11.3 Å². The normalized spacial score (nSPS) is 27.7. The Kier molecular flexibility index (Phi) is 6.90. The van der Waals surface area contributed by atoms with E-state index in [0.29, 0.717) is 40.7 Å². The highest BCUT2D eigenvalue weighted by molar-refractivity contribution is 7.98. The smallest absolute Gasteiger partial charge is 0.254 e. The maximum atomic E-state index is 13.4. The first-order valence-corrected chi connectivity index (χ1v) is 15.1. The zero-order valence-corrected chi connectivity index (χ0v) is 24.1. The van der Waals surface area contributed by atoms with Crippen molar-refractivity contribution in [3.8, 4) is 0 Å². The highest BCUT2D eigenvalue weighted by atomic mass is 35.5. The number of halogens is 1. The van der Waals surface area contributed by atoms with Crippen molar-refractivity contribution in [3.05, 3.63) is 46.6 Å². The van der Waals surface area contributed by atoms with Crippen molar-refractivity contribution < 1.29 is 14.3 Å². The van der Waals surface area contributed by atoms with Crippen LogP contribution in [0.25, 0.3) is 0 Å². The monoisotopic (exact) mass is 556 g/mol. The summed E-state index contributed by atoms with van der Waals surface area (Å²) in [7, 11) is 0. The van der Waals surface area contributed by atoms with E-state index >= 15 is 0 Å². The van der Waals surface area contributed by atoms with Crippen LogP contribution in [-0.2, 0) is 15.2 Å². The molecule has 1 amide bonds. The summed E-state index contributed by atoms with van der Waals surface area (Å²) >= 11 is 7.93. The van der Waals surface area contributed by atoms with Crippen LogP contribution in [0.4, 0.5) is 5.82 Å². The van der Waals surface area contributed by atoms with Gasteiger partial charge in [0.25, 0.3) is 5.91 Å². The molecule has 204 valence electrons. The van der Waals surface area contributed by atoms with Crippen LogP contribution in [0.3, 0.4) is 0 Å². The van der Waals surface area contributed by atoms with Gasteiger partial charge in [0.2, 0.25) is 0 Å². The fourth-order valence-electron chi connectivity index (χ4n) is 7.23. The number of amides is 1. The number of hydrogen-bond acceptors (Lipinski definition) is 7. The summed E-state index contributed by atoms with van der Waals surface area (Å²) in [5.74, 6) is 1.29. The molecular weight excluding hydrogens is 520 g/mol. The molecule has 4 fully saturated rings. The van der Waals surface area contributed by atoms with E-state index in [1.807, 2.05) is 30.3 Å². The lowest BCUT2D eigenvalue weighted by molar-refractivity contribution is -0.169. The summed E-state index contributed by atoms with van der Waals surface area (Å²) in [5.41, 5.74) is 2.43. The lowest BCUT2D eigenvalue weighted by Gasteiger charge is -2.39. The minimum Gasteiger partial charge on any atom is -0.356 e. The minimum absolute atomic E-state index is 0.162. The minimum atomic E-state index is -0.416. The second-order valence-corrected chi connectivity index (χ2v) is 13.9. The molecule has 1 spiro atoms. The molecular formula is C29H37ClN4O3S. The van der Waals surface area contributed by atoms with Gasteiger partial charge in [0, 0.05) is 55.9 Å². The number of benzene rings is 1. The van der Waals surface area contributed by atoms with Gasteiger partial charge in [0.15, 0.2) is 10.9 Å². The van der Waals surface area contributed by atoms with Gasteiger partial charge in [-0.15, -0.1) is 0 Å². The summed E-state index contributed by atoms with van der Waals surface area (Å²) in [5, 5.41) is 1.10. The number of piperidine rings is 1. The van der Waals surface area contributed by atoms with Crippen molar-refractivity contribution in [1.82, 2.24) is 14.9 Å². The molecule has 4 aliphatic rings. The second-order valence-electron chi connectivity index (χ2n) is 12.6. The first-order chi connectivity index (χ1) is 18.1. The van der Waals surface area contributed by atoms with Crippen LogP contribution in [0.5, 0.6) is 0 Å². The van der Waals surface area contributed by atoms with E-state index in [1.165, 1.54) is 6.42 Å². The maximum absolute atomic E-state index is 13.4. The molecule has 9 heteroatoms. The number of fused-ring (bicyclic) bond motifs is 2. The first kappa shape index (κ1) is 26.4. The number of likely N-dealkylation sites (tertiary alicyclic amines) is 1. The van der Waals surface area contributed by atoms with Gasteiger partial charge in [0.05, 0.1) is 13.2 Å². The molecule has 0 radical (unpaired) electrons. The Morgan fingerprint density at radius 2 is 1.79 bits per heavy atom. The number of anilines is 1. The molecule has 3 aliphatic heterocycles. The van der Waals surface area contributed by atoms with Crippen LogP contribution < -0.4 is 4.90 Å². The largest absolute Gasteiger partial charge is 0.356 e. The Labute approximate surface area is 234 Å². The van der Waals surface area contributed by atoms with Crippen LogP contribution in [-0.4, -0.2) is 65.5 Å². The number of carbonyl (C=O) groups is 1. The Bertz CT molecular complexity index is 1190. The van der Waals surface area contributed by atoms with E-state index in [0.717, 1.165) is 62.3 Å². The van der Waals surface area contributed by atoms with Crippen LogP contribution in [0.1, 0.15) is 68.8 Å². The van der Waals surface area contributed by atoms with Crippen LogP contribution in [0.2, 0.25) is 5.15 Å². The molecule has 2 aromatic rings. The molecule has 2 atom stereocenters. The van der Waals surface area contributed by atoms with E-state index in [2.05, 4.69) is 35.6 Å². The molecule has 1 saturated carbocycles. The summed E-state index contributed by atoms with van der Waals surface area (Å²) < 4.78 is 11.7. The van der Waals surface area contributed by atoms with E-state index in [1.54, 1.807) is 11.8 Å². The fourth-order valence-corrected chi connectivity index (χ4v) is 8.27. The van der Waals surface area contributed by atoms with Gasteiger partial charge >= 0.3 is 0 Å². The number of nitrogens with zero attached hydrogens (tertiary/aromatic N) is 4. The van der Waals surface area contributed by atoms with Gasteiger partial charge in [-0.25, -0.2) is 9.97 Å². The molecule has 0 N–H and O–H groups in total. The van der Waals surface area contributed by atoms with Crippen molar-refractivity contribution >= 4 is 35.1 Å². The molecule has 1 aromatic carbocycles. The molecule has 3 saturated heterocycles. The van der Waals surface area contributed by atoms with Crippen molar-refractivity contribution in [2.24, 2.45) is 10.8 Å². The molecule has 1 aromatic heterocycles. The number of rotatable bonds is 5. The highest BCUT2D eigenvalue weighted by Gasteiger charge is 2.51. The van der Waals surface area contributed by atoms with E-state index in [4.69, 9.17) is 26.1 Å². The van der Waals surface area contributed by atoms with Crippen LogP contribution >= 0.6 is 23.4 Å². The third kappa shape index (κ3) is 5.42. The van der Waals surface area contributed by atoms with Crippen molar-refractivity contribution in [2.75, 3.05) is 37.7 Å². The van der Waals surface area contributed by atoms with E-state index in [9.17, 15) is 4.79 Å². The fraction of sp³-hybridized carbons (Fsp3) is 0.621. The zero-order chi connectivity index (χ0) is 26.5. The quantitative estimate of drug-likeness (QED) is 0.262. The van der Waals surface area contributed by atoms with Gasteiger partial charge in [-0.05, 0) is 47.8 Å². The van der Waals surface area contributed by atoms with Gasteiger partial charge in [-0.1, -0.05) is 56.3 Å². The standard InChI is InChI=1S/C29H37ClN4O3S/c1-27(2)15-22-16-28(3,18-27)19-34(22)25(35)21-6-4-20(5-7-21)17-38-26-31-23(30)14-24(32-26)33-10-8-29(9-11-33)36-12-13-37-29/h4-7,14,22H,8-13,15-19H2,1-3H3. The van der Waals surface area contributed by atoms with Gasteiger partial charge < -0.3 is 19.3 Å². The number of aromatic nitrogens is 2. The van der Waals surface area contributed by atoms with E-state index < -0.39 is 5.79 Å². The molecule has 6 rings (SSSR count). The van der Waals surface area contributed by atoms with Crippen molar-refractivity contribution in [3.63, 3.8) is 0 Å². The molecule has 7 nitrogen and oxygen atoms in total. The average Bonchev–Trinajstić information content (AvgIpc) is 3.43. The zero-order valence-electron chi connectivity index (χ0n) is 22.5. The lowest BCUT2D eigenvalue weighted by Crippen LogP contribution is -2.45. The molecule has 1 aliphatic carbocycles. The molecule has 38 heavy (non-hydrogen) atoms. The lowest BCUT2D eigenvalue weighted by atomic mass is 9.65. The molecule has 4 heterocycles. The third-order valence-electron chi connectivity index (χ3n) is 8.57. The predicted molar refractivity (Wildman–Crippen MR) is 150 cm³/mol. The van der Waals surface area contributed by atoms with Gasteiger partial charge in [0.1, 0.15) is 11.0 Å². The highest BCUT2D eigenvalue weighted by Crippen LogP contribution is 2.52. The third-order valence-corrected chi connectivity index (χ3v) is 9.68. The summed E-state index contributed by atoms with van der Waals surface area (Å²) in [6, 6.07) is 10.2. The predicted octanol–water partition coefficient (Wildman–Crippen LogP) is 5.81. The maximum Gasteiger partial charge on any atom is 0.254 e. The van der Waals surface area contributed by atoms with Gasteiger partial charge in [-0.3, -0.25) is 4.79 Å². The Balaban J connectivity index is 1.07. The number of thioether (sulfide) groups is 1. The number of ether oxygens (including phenoxy) is 2. The van der Waals surface area contributed by atoms with Crippen molar-refractivity contribution in [2.45, 2.75) is 75.6 Å². The summed E-state index contributed by atoms with van der Waals surface area (Å²) in [4.78, 5) is 27.0. The number of carbonyl (C=O) groups excluding carboxylic acids is 1. The molecule has 2 bridgehead atoms. The second kappa shape index (κ2) is 9.95. The van der Waals surface area contributed by atoms with Crippen LogP contribution in [0, 0.1) is 10.8 Å². The number of hydrogen-bond donors (Lipinski definition) is 0. The SMILES string of the molecule is CC1(C)CC2CC(C)(CN2C(=O)c2ccc(CSc3nc(Cl)cc(N4CCC5(CC4)OCCO5)n3)cc2)C1. The first-order valence-electron chi connectivity index (χ1n) is 13.7. The Hall–Kier alpha value is -1.87. The Morgan fingerprint density at radius 1 is 1.08 bits per heavy atom. The summed E-state index contributed by atoms with van der Waals surface area (Å²) in [6.07, 6.45) is 5.03. The average molecular weight is 557 g/mol. The Morgan fingerprint density at radius 3 is 2.50 bits per heavy atom. The topological polar surface area (TPSA) is 67.8 Å².